The summed E-state index contributed by atoms with van der Waals surface area (Å²) in [4.78, 5) is 0. The van der Waals surface area contributed by atoms with Gasteiger partial charge in [-0.15, -0.1) is 0 Å². The first-order valence-electron chi connectivity index (χ1n) is 8.32. The van der Waals surface area contributed by atoms with Gasteiger partial charge in [-0.05, 0) is 30.5 Å². The summed E-state index contributed by atoms with van der Waals surface area (Å²) in [5.74, 6) is 0. The fourth-order valence-electron chi connectivity index (χ4n) is 3.66. The lowest BCUT2D eigenvalue weighted by Gasteiger charge is -2.33. The molecule has 0 fully saturated rings. The molecule has 118 valence electrons. The highest BCUT2D eigenvalue weighted by Gasteiger charge is 2.43. The maximum Gasteiger partial charge on any atom is 0.114 e. The quantitative estimate of drug-likeness (QED) is 0.688. The average Bonchev–Trinajstić information content (AvgIpc) is 2.91. The number of nitrogens with one attached hydrogen (secondary N) is 1. The zero-order valence-corrected chi connectivity index (χ0v) is 14.1. The minimum atomic E-state index is -0.380. The molecule has 0 saturated heterocycles. The summed E-state index contributed by atoms with van der Waals surface area (Å²) in [7, 11) is 0. The molecule has 0 aromatic heterocycles. The van der Waals surface area contributed by atoms with Crippen molar-refractivity contribution in [1.29, 1.82) is 0 Å². The molecule has 0 bridgehead atoms. The fourth-order valence-corrected chi connectivity index (χ4v) is 3.66. The number of benzene rings is 3. The second-order valence-corrected chi connectivity index (χ2v) is 6.63. The molecule has 0 radical (unpaired) electrons. The molecule has 0 aliphatic carbocycles. The van der Waals surface area contributed by atoms with Gasteiger partial charge in [0.05, 0.1) is 0 Å². The van der Waals surface area contributed by atoms with Crippen LogP contribution in [0.4, 0.5) is 0 Å². The first kappa shape index (κ1) is 14.8. The second kappa shape index (κ2) is 5.38. The fraction of sp³-hybridized carbons (Fsp3) is 0.130. The molecule has 1 N–H and O–H groups in total. The number of hydrogen-bond acceptors (Lipinski definition) is 1. The van der Waals surface area contributed by atoms with E-state index in [1.54, 1.807) is 0 Å². The lowest BCUT2D eigenvalue weighted by Crippen LogP contribution is -2.38. The van der Waals surface area contributed by atoms with Crippen molar-refractivity contribution >= 4 is 5.70 Å². The average molecular weight is 311 g/mol. The maximum atomic E-state index is 4.27. The predicted octanol–water partition coefficient (Wildman–Crippen LogP) is 5.17. The Balaban J connectivity index is 2.03. The van der Waals surface area contributed by atoms with E-state index in [1.807, 2.05) is 0 Å². The van der Waals surface area contributed by atoms with Crippen LogP contribution in [0.25, 0.3) is 5.70 Å². The first-order chi connectivity index (χ1) is 11.6. The molecular weight excluding hydrogens is 290 g/mol. The Morgan fingerprint density at radius 2 is 1.21 bits per heavy atom. The highest BCUT2D eigenvalue weighted by atomic mass is 15.0. The smallest absolute Gasteiger partial charge is 0.114 e. The van der Waals surface area contributed by atoms with Crippen molar-refractivity contribution in [1.82, 2.24) is 5.32 Å². The molecule has 0 unspecified atom stereocenters. The van der Waals surface area contributed by atoms with E-state index in [0.29, 0.717) is 0 Å². The maximum absolute atomic E-state index is 4.27. The third kappa shape index (κ3) is 2.09. The van der Waals surface area contributed by atoms with Gasteiger partial charge in [0, 0.05) is 11.3 Å². The summed E-state index contributed by atoms with van der Waals surface area (Å²) in [6.45, 7) is 8.51. The molecule has 24 heavy (non-hydrogen) atoms. The lowest BCUT2D eigenvalue weighted by atomic mass is 9.77. The van der Waals surface area contributed by atoms with Gasteiger partial charge in [0.15, 0.2) is 0 Å². The largest absolute Gasteiger partial charge is 0.368 e. The zero-order chi connectivity index (χ0) is 16.7. The van der Waals surface area contributed by atoms with Gasteiger partial charge in [-0.25, -0.2) is 0 Å². The molecule has 3 aromatic carbocycles. The predicted molar refractivity (Wildman–Crippen MR) is 101 cm³/mol. The standard InChI is InChI=1S/C23H21N/c1-16-8-12-19(13-9-16)23(20-14-10-17(2)11-15-20)22-7-5-4-6-21(22)18(3)24-23/h4-15,24H,3H2,1-2H3. The minimum Gasteiger partial charge on any atom is -0.368 e. The molecule has 1 aliphatic rings. The SMILES string of the molecule is C=C1NC(c2ccc(C)cc2)(c2ccc(C)cc2)c2ccccc21. The van der Waals surface area contributed by atoms with Crippen LogP contribution in [0.5, 0.6) is 0 Å². The van der Waals surface area contributed by atoms with Crippen molar-refractivity contribution in [2.45, 2.75) is 19.4 Å². The van der Waals surface area contributed by atoms with Crippen molar-refractivity contribution in [3.05, 3.63) is 113 Å². The molecule has 1 nitrogen and oxygen atoms in total. The van der Waals surface area contributed by atoms with Crippen LogP contribution in [-0.2, 0) is 5.54 Å². The summed E-state index contributed by atoms with van der Waals surface area (Å²) in [5, 5.41) is 3.71. The van der Waals surface area contributed by atoms with E-state index in [4.69, 9.17) is 0 Å². The third-order valence-corrected chi connectivity index (χ3v) is 4.96. The molecule has 1 heteroatoms. The third-order valence-electron chi connectivity index (χ3n) is 4.96. The molecule has 3 aromatic rings. The van der Waals surface area contributed by atoms with E-state index in [9.17, 15) is 0 Å². The van der Waals surface area contributed by atoms with Crippen LogP contribution in [0.1, 0.15) is 33.4 Å². The Morgan fingerprint density at radius 1 is 0.708 bits per heavy atom. The van der Waals surface area contributed by atoms with Crippen LogP contribution in [0.3, 0.4) is 0 Å². The lowest BCUT2D eigenvalue weighted by molar-refractivity contribution is 0.589. The number of aryl methyl sites for hydroxylation is 2. The molecule has 4 rings (SSSR count). The van der Waals surface area contributed by atoms with Gasteiger partial charge in [0.1, 0.15) is 5.54 Å². The van der Waals surface area contributed by atoms with E-state index < -0.39 is 0 Å². The van der Waals surface area contributed by atoms with Crippen molar-refractivity contribution in [2.75, 3.05) is 0 Å². The Kier molecular flexibility index (Phi) is 3.31. The molecule has 1 aliphatic heterocycles. The van der Waals surface area contributed by atoms with Crippen molar-refractivity contribution in [3.63, 3.8) is 0 Å². The molecule has 0 atom stereocenters. The highest BCUT2D eigenvalue weighted by Crippen LogP contribution is 2.45. The van der Waals surface area contributed by atoms with Gasteiger partial charge >= 0.3 is 0 Å². The van der Waals surface area contributed by atoms with Gasteiger partial charge in [-0.3, -0.25) is 0 Å². The summed E-state index contributed by atoms with van der Waals surface area (Å²) in [6, 6.07) is 26.1. The van der Waals surface area contributed by atoms with Crippen LogP contribution < -0.4 is 5.32 Å². The molecule has 0 saturated carbocycles. The Hall–Kier alpha value is -2.80. The monoisotopic (exact) mass is 311 g/mol. The topological polar surface area (TPSA) is 12.0 Å². The second-order valence-electron chi connectivity index (χ2n) is 6.63. The van der Waals surface area contributed by atoms with E-state index in [2.05, 4.69) is 98.5 Å². The Labute approximate surface area is 143 Å². The van der Waals surface area contributed by atoms with Crippen molar-refractivity contribution in [2.24, 2.45) is 0 Å². The molecule has 0 amide bonds. The number of rotatable bonds is 2. The van der Waals surface area contributed by atoms with Crippen LogP contribution in [0.15, 0.2) is 79.4 Å². The zero-order valence-electron chi connectivity index (χ0n) is 14.1. The Bertz CT molecular complexity index is 856. The minimum absolute atomic E-state index is 0.380. The number of hydrogen-bond donors (Lipinski definition) is 1. The summed E-state index contributed by atoms with van der Waals surface area (Å²) in [5.41, 5.74) is 8.07. The molecule has 0 spiro atoms. The normalized spacial score (nSPS) is 15.0. The number of fused-ring (bicyclic) bond motifs is 1. The van der Waals surface area contributed by atoms with Gasteiger partial charge in [-0.2, -0.15) is 0 Å². The van der Waals surface area contributed by atoms with Crippen LogP contribution in [0, 0.1) is 13.8 Å². The van der Waals surface area contributed by atoms with Crippen LogP contribution in [-0.4, -0.2) is 0 Å². The van der Waals surface area contributed by atoms with E-state index in [1.165, 1.54) is 33.4 Å². The summed E-state index contributed by atoms with van der Waals surface area (Å²) < 4.78 is 0. The summed E-state index contributed by atoms with van der Waals surface area (Å²) >= 11 is 0. The van der Waals surface area contributed by atoms with Crippen molar-refractivity contribution in [3.8, 4) is 0 Å². The first-order valence-corrected chi connectivity index (χ1v) is 8.32. The van der Waals surface area contributed by atoms with E-state index in [0.717, 1.165) is 5.70 Å². The van der Waals surface area contributed by atoms with Gasteiger partial charge in [0.2, 0.25) is 0 Å². The van der Waals surface area contributed by atoms with Crippen LogP contribution >= 0.6 is 0 Å². The highest BCUT2D eigenvalue weighted by molar-refractivity contribution is 5.76. The molecular formula is C23H21N. The molecule has 1 heterocycles. The van der Waals surface area contributed by atoms with Gasteiger partial charge in [-0.1, -0.05) is 90.5 Å². The Morgan fingerprint density at radius 3 is 1.75 bits per heavy atom. The van der Waals surface area contributed by atoms with Gasteiger partial charge < -0.3 is 5.32 Å². The van der Waals surface area contributed by atoms with Crippen molar-refractivity contribution < 1.29 is 0 Å². The van der Waals surface area contributed by atoms with E-state index in [-0.39, 0.29) is 5.54 Å². The van der Waals surface area contributed by atoms with E-state index >= 15 is 0 Å². The summed E-state index contributed by atoms with van der Waals surface area (Å²) in [6.07, 6.45) is 0. The van der Waals surface area contributed by atoms with Crippen LogP contribution in [0.2, 0.25) is 0 Å². The van der Waals surface area contributed by atoms with Gasteiger partial charge in [0.25, 0.3) is 0 Å².